The van der Waals surface area contributed by atoms with E-state index in [1.807, 2.05) is 18.2 Å². The van der Waals surface area contributed by atoms with E-state index in [-0.39, 0.29) is 5.91 Å². The predicted molar refractivity (Wildman–Crippen MR) is 58.2 cm³/mol. The molecule has 0 bridgehead atoms. The van der Waals surface area contributed by atoms with Crippen LogP contribution in [0.5, 0.6) is 0 Å². The molecule has 0 aliphatic carbocycles. The Balaban J connectivity index is 2.51. The fourth-order valence-electron chi connectivity index (χ4n) is 1.60. The average molecular weight is 269 g/mol. The van der Waals surface area contributed by atoms with Gasteiger partial charge in [0.05, 0.1) is 0 Å². The predicted octanol–water partition coefficient (Wildman–Crippen LogP) is 1.50. The Labute approximate surface area is 95.2 Å². The summed E-state index contributed by atoms with van der Waals surface area (Å²) in [6, 6.07) is 6.85. The molecule has 1 fully saturated rings. The lowest BCUT2D eigenvalue weighted by molar-refractivity contribution is -0.123. The minimum Gasteiger partial charge on any atom is -0.320 e. The maximum absolute atomic E-state index is 11.6. The number of halogens is 1. The van der Waals surface area contributed by atoms with E-state index in [0.717, 1.165) is 10.0 Å². The molecule has 1 saturated heterocycles. The van der Waals surface area contributed by atoms with E-state index < -0.39 is 11.6 Å². The number of hydrogen-bond acceptors (Lipinski definition) is 2. The van der Waals surface area contributed by atoms with Gasteiger partial charge in [-0.25, -0.2) is 4.79 Å². The number of hydrogen-bond donors (Lipinski definition) is 2. The van der Waals surface area contributed by atoms with Gasteiger partial charge in [0.2, 0.25) is 0 Å². The van der Waals surface area contributed by atoms with E-state index in [4.69, 9.17) is 0 Å². The van der Waals surface area contributed by atoms with Crippen LogP contribution in [0, 0.1) is 0 Å². The third-order valence-corrected chi connectivity index (χ3v) is 3.15. The van der Waals surface area contributed by atoms with Gasteiger partial charge in [-0.05, 0) is 13.0 Å². The van der Waals surface area contributed by atoms with Crippen molar-refractivity contribution in [3.63, 3.8) is 0 Å². The van der Waals surface area contributed by atoms with Crippen LogP contribution < -0.4 is 10.6 Å². The van der Waals surface area contributed by atoms with Gasteiger partial charge in [-0.2, -0.15) is 0 Å². The molecule has 1 aliphatic heterocycles. The van der Waals surface area contributed by atoms with E-state index in [2.05, 4.69) is 26.6 Å². The SMILES string of the molecule is CC1(c2ccccc2Br)NC(=O)NC1=O. The molecule has 0 spiro atoms. The molecule has 0 aromatic heterocycles. The van der Waals surface area contributed by atoms with E-state index in [0.29, 0.717) is 0 Å². The molecule has 0 radical (unpaired) electrons. The molecule has 1 aromatic carbocycles. The van der Waals surface area contributed by atoms with Crippen molar-refractivity contribution in [1.82, 2.24) is 10.6 Å². The maximum Gasteiger partial charge on any atom is 0.322 e. The molecule has 1 heterocycles. The fraction of sp³-hybridized carbons (Fsp3) is 0.200. The van der Waals surface area contributed by atoms with Crippen molar-refractivity contribution < 1.29 is 9.59 Å². The Bertz CT molecular complexity index is 447. The normalized spacial score (nSPS) is 24.9. The van der Waals surface area contributed by atoms with Gasteiger partial charge in [0.25, 0.3) is 5.91 Å². The number of imide groups is 1. The molecule has 1 aliphatic rings. The summed E-state index contributed by atoms with van der Waals surface area (Å²) in [6.45, 7) is 1.67. The van der Waals surface area contributed by atoms with Gasteiger partial charge < -0.3 is 5.32 Å². The van der Waals surface area contributed by atoms with Crippen LogP contribution in [0.2, 0.25) is 0 Å². The van der Waals surface area contributed by atoms with Gasteiger partial charge in [0.1, 0.15) is 5.54 Å². The number of urea groups is 1. The largest absolute Gasteiger partial charge is 0.322 e. The molecule has 2 N–H and O–H groups in total. The highest BCUT2D eigenvalue weighted by molar-refractivity contribution is 9.10. The van der Waals surface area contributed by atoms with E-state index in [1.54, 1.807) is 13.0 Å². The van der Waals surface area contributed by atoms with Crippen molar-refractivity contribution in [2.45, 2.75) is 12.5 Å². The molecule has 78 valence electrons. The summed E-state index contributed by atoms with van der Waals surface area (Å²) in [7, 11) is 0. The molecule has 2 rings (SSSR count). The van der Waals surface area contributed by atoms with Crippen molar-refractivity contribution in [3.8, 4) is 0 Å². The summed E-state index contributed by atoms with van der Waals surface area (Å²) in [6.07, 6.45) is 0. The van der Waals surface area contributed by atoms with E-state index in [1.165, 1.54) is 0 Å². The quantitative estimate of drug-likeness (QED) is 0.759. The monoisotopic (exact) mass is 268 g/mol. The average Bonchev–Trinajstić information content (AvgIpc) is 2.42. The van der Waals surface area contributed by atoms with Crippen LogP contribution in [0.15, 0.2) is 28.7 Å². The first-order valence-corrected chi connectivity index (χ1v) is 5.22. The zero-order valence-corrected chi connectivity index (χ0v) is 9.59. The molecule has 1 aromatic rings. The van der Waals surface area contributed by atoms with Crippen LogP contribution in [0.1, 0.15) is 12.5 Å². The molecule has 3 amide bonds. The van der Waals surface area contributed by atoms with Crippen LogP contribution in [-0.2, 0) is 10.3 Å². The van der Waals surface area contributed by atoms with Gasteiger partial charge in [0, 0.05) is 10.0 Å². The van der Waals surface area contributed by atoms with Crippen molar-refractivity contribution in [2.75, 3.05) is 0 Å². The van der Waals surface area contributed by atoms with Crippen LogP contribution in [0.3, 0.4) is 0 Å². The van der Waals surface area contributed by atoms with E-state index in [9.17, 15) is 9.59 Å². The maximum atomic E-state index is 11.6. The minimum absolute atomic E-state index is 0.334. The molecule has 1 unspecified atom stereocenters. The third-order valence-electron chi connectivity index (χ3n) is 2.46. The summed E-state index contributed by atoms with van der Waals surface area (Å²) in [4.78, 5) is 22.7. The second-order valence-electron chi connectivity index (χ2n) is 3.51. The zero-order valence-electron chi connectivity index (χ0n) is 8.00. The molecule has 4 nitrogen and oxygen atoms in total. The number of carbonyl (C=O) groups is 2. The Kier molecular flexibility index (Phi) is 2.26. The summed E-state index contributed by atoms with van der Waals surface area (Å²) < 4.78 is 0.796. The fourth-order valence-corrected chi connectivity index (χ4v) is 2.28. The second-order valence-corrected chi connectivity index (χ2v) is 4.37. The topological polar surface area (TPSA) is 58.2 Å². The van der Waals surface area contributed by atoms with Crippen molar-refractivity contribution in [2.24, 2.45) is 0 Å². The smallest absolute Gasteiger partial charge is 0.320 e. The molecule has 5 heteroatoms. The number of nitrogens with one attached hydrogen (secondary N) is 2. The molecule has 1 atom stereocenters. The van der Waals surface area contributed by atoms with Gasteiger partial charge in [-0.3, -0.25) is 10.1 Å². The number of benzene rings is 1. The Hall–Kier alpha value is -1.36. The minimum atomic E-state index is -0.989. The van der Waals surface area contributed by atoms with Gasteiger partial charge in [0.15, 0.2) is 0 Å². The number of carbonyl (C=O) groups excluding carboxylic acids is 2. The van der Waals surface area contributed by atoms with Crippen LogP contribution in [0.25, 0.3) is 0 Å². The molecular formula is C10H9BrN2O2. The highest BCUT2D eigenvalue weighted by Crippen LogP contribution is 2.30. The molecule has 0 saturated carbocycles. The standard InChI is InChI=1S/C10H9BrN2O2/c1-10(8(14)12-9(15)13-10)6-4-2-3-5-7(6)11/h2-5H,1H3,(H2,12,13,14,15). The number of rotatable bonds is 1. The molecule has 15 heavy (non-hydrogen) atoms. The first-order valence-electron chi connectivity index (χ1n) is 4.42. The Morgan fingerprint density at radius 2 is 1.93 bits per heavy atom. The summed E-state index contributed by atoms with van der Waals surface area (Å²) in [5.41, 5.74) is -0.245. The summed E-state index contributed by atoms with van der Waals surface area (Å²) >= 11 is 3.36. The van der Waals surface area contributed by atoms with Crippen LogP contribution in [0.4, 0.5) is 4.79 Å². The summed E-state index contributed by atoms with van der Waals surface area (Å²) in [5, 5.41) is 4.83. The van der Waals surface area contributed by atoms with Gasteiger partial charge in [-0.15, -0.1) is 0 Å². The molecular weight excluding hydrogens is 260 g/mol. The lowest BCUT2D eigenvalue weighted by Gasteiger charge is -2.22. The van der Waals surface area contributed by atoms with Gasteiger partial charge >= 0.3 is 6.03 Å². The van der Waals surface area contributed by atoms with Gasteiger partial charge in [-0.1, -0.05) is 34.1 Å². The Morgan fingerprint density at radius 1 is 1.27 bits per heavy atom. The number of amides is 3. The lowest BCUT2D eigenvalue weighted by atomic mass is 9.92. The lowest BCUT2D eigenvalue weighted by Crippen LogP contribution is -2.40. The zero-order chi connectivity index (χ0) is 11.1. The first kappa shape index (κ1) is 10.2. The van der Waals surface area contributed by atoms with Crippen molar-refractivity contribution in [3.05, 3.63) is 34.3 Å². The van der Waals surface area contributed by atoms with Crippen LogP contribution in [-0.4, -0.2) is 11.9 Å². The highest BCUT2D eigenvalue weighted by Gasteiger charge is 2.44. The van der Waals surface area contributed by atoms with E-state index >= 15 is 0 Å². The first-order chi connectivity index (χ1) is 7.04. The van der Waals surface area contributed by atoms with Crippen molar-refractivity contribution in [1.29, 1.82) is 0 Å². The Morgan fingerprint density at radius 3 is 2.47 bits per heavy atom. The summed E-state index contributed by atoms with van der Waals surface area (Å²) in [5.74, 6) is -0.334. The van der Waals surface area contributed by atoms with Crippen LogP contribution >= 0.6 is 15.9 Å². The highest BCUT2D eigenvalue weighted by atomic mass is 79.9. The second kappa shape index (κ2) is 3.34. The third kappa shape index (κ3) is 1.52. The van der Waals surface area contributed by atoms with Crippen molar-refractivity contribution >= 4 is 27.9 Å².